The molecule has 0 aliphatic rings. The Hall–Kier alpha value is -1.15. The molecule has 72 valence electrons. The van der Waals surface area contributed by atoms with Gasteiger partial charge in [0.25, 0.3) is 0 Å². The van der Waals surface area contributed by atoms with Gasteiger partial charge in [0.1, 0.15) is 6.04 Å². The first-order valence-corrected chi connectivity index (χ1v) is 4.34. The molecule has 0 spiro atoms. The zero-order chi connectivity index (χ0) is 10.3. The van der Waals surface area contributed by atoms with Gasteiger partial charge < -0.3 is 10.6 Å². The van der Waals surface area contributed by atoms with E-state index in [1.807, 2.05) is 0 Å². The van der Waals surface area contributed by atoms with Crippen LogP contribution in [-0.2, 0) is 9.59 Å². The second kappa shape index (κ2) is 6.38. The summed E-state index contributed by atoms with van der Waals surface area (Å²) in [5.74, 6) is 1.92. The molecule has 0 aromatic carbocycles. The number of terminal acetylenes is 1. The molecule has 0 aliphatic heterocycles. The Bertz CT molecular complexity index is 235. The Balaban J connectivity index is 4.01. The summed E-state index contributed by atoms with van der Waals surface area (Å²) < 4.78 is 0. The second-order valence-electron chi connectivity index (χ2n) is 2.36. The van der Waals surface area contributed by atoms with Gasteiger partial charge in [-0.3, -0.25) is 9.59 Å². The maximum atomic E-state index is 11.2. The number of carbonyl (C=O) groups excluding carboxylic acids is 2. The zero-order valence-corrected chi connectivity index (χ0v) is 8.23. The van der Waals surface area contributed by atoms with Gasteiger partial charge in [0.15, 0.2) is 0 Å². The van der Waals surface area contributed by atoms with Gasteiger partial charge in [-0.1, -0.05) is 5.92 Å². The van der Waals surface area contributed by atoms with E-state index < -0.39 is 6.04 Å². The molecule has 0 saturated carbocycles. The van der Waals surface area contributed by atoms with Crippen LogP contribution in [0.15, 0.2) is 0 Å². The largest absolute Gasteiger partial charge is 0.344 e. The molecule has 1 atom stereocenters. The number of thiol groups is 1. The lowest BCUT2D eigenvalue weighted by Crippen LogP contribution is -2.47. The first kappa shape index (κ1) is 11.8. The molecule has 0 aromatic heterocycles. The molecule has 4 nitrogen and oxygen atoms in total. The molecule has 0 saturated heterocycles. The van der Waals surface area contributed by atoms with Crippen molar-refractivity contribution in [2.75, 3.05) is 12.3 Å². The zero-order valence-electron chi connectivity index (χ0n) is 7.33. The van der Waals surface area contributed by atoms with Crippen LogP contribution in [0.3, 0.4) is 0 Å². The number of nitrogens with one attached hydrogen (secondary N) is 2. The molecule has 0 radical (unpaired) electrons. The van der Waals surface area contributed by atoms with Crippen LogP contribution < -0.4 is 10.6 Å². The summed E-state index contributed by atoms with van der Waals surface area (Å²) in [5.41, 5.74) is 0. The Morgan fingerprint density at radius 1 is 1.62 bits per heavy atom. The highest BCUT2D eigenvalue weighted by Gasteiger charge is 2.16. The topological polar surface area (TPSA) is 58.2 Å². The molecular weight excluding hydrogens is 188 g/mol. The van der Waals surface area contributed by atoms with Crippen LogP contribution in [0.5, 0.6) is 0 Å². The van der Waals surface area contributed by atoms with Crippen LogP contribution >= 0.6 is 12.6 Å². The maximum absolute atomic E-state index is 11.2. The Morgan fingerprint density at radius 2 is 2.23 bits per heavy atom. The second-order valence-corrected chi connectivity index (χ2v) is 2.72. The molecule has 0 rings (SSSR count). The quantitative estimate of drug-likeness (QED) is 0.410. The van der Waals surface area contributed by atoms with Gasteiger partial charge in [-0.05, 0) is 0 Å². The Kier molecular flexibility index (Phi) is 5.81. The normalized spacial score (nSPS) is 11.2. The van der Waals surface area contributed by atoms with Crippen LogP contribution in [0.4, 0.5) is 0 Å². The molecule has 0 bridgehead atoms. The van der Waals surface area contributed by atoms with Gasteiger partial charge in [0.05, 0.1) is 6.54 Å². The number of carbonyl (C=O) groups is 2. The minimum absolute atomic E-state index is 0.155. The Morgan fingerprint density at radius 3 is 2.62 bits per heavy atom. The summed E-state index contributed by atoms with van der Waals surface area (Å²) >= 11 is 3.92. The van der Waals surface area contributed by atoms with Crippen LogP contribution in [0.1, 0.15) is 6.92 Å². The van der Waals surface area contributed by atoms with E-state index in [1.54, 1.807) is 0 Å². The van der Waals surface area contributed by atoms with Crippen molar-refractivity contribution in [3.8, 4) is 12.3 Å². The highest BCUT2D eigenvalue weighted by atomic mass is 32.1. The summed E-state index contributed by atoms with van der Waals surface area (Å²) in [4.78, 5) is 21.8. The fourth-order valence-corrected chi connectivity index (χ4v) is 0.958. The predicted octanol–water partition coefficient (Wildman–Crippen LogP) is -0.830. The molecule has 0 aliphatic carbocycles. The van der Waals surface area contributed by atoms with Crippen molar-refractivity contribution in [1.29, 1.82) is 0 Å². The molecule has 2 amide bonds. The monoisotopic (exact) mass is 200 g/mol. The Labute approximate surface area is 82.9 Å². The van der Waals surface area contributed by atoms with Crippen molar-refractivity contribution in [2.24, 2.45) is 0 Å². The first-order valence-electron chi connectivity index (χ1n) is 3.71. The molecule has 1 unspecified atom stereocenters. The van der Waals surface area contributed by atoms with Gasteiger partial charge in [-0.25, -0.2) is 0 Å². The fourth-order valence-electron chi connectivity index (χ4n) is 0.701. The van der Waals surface area contributed by atoms with Crippen molar-refractivity contribution in [1.82, 2.24) is 10.6 Å². The summed E-state index contributed by atoms with van der Waals surface area (Å²) in [6.07, 6.45) is 4.95. The first-order chi connectivity index (χ1) is 6.11. The van der Waals surface area contributed by atoms with Gasteiger partial charge in [-0.2, -0.15) is 12.6 Å². The predicted molar refractivity (Wildman–Crippen MR) is 53.3 cm³/mol. The highest BCUT2D eigenvalue weighted by Crippen LogP contribution is 1.88. The third-order valence-electron chi connectivity index (χ3n) is 1.24. The molecule has 2 N–H and O–H groups in total. The number of hydrogen-bond acceptors (Lipinski definition) is 3. The van der Waals surface area contributed by atoms with E-state index in [1.165, 1.54) is 6.92 Å². The lowest BCUT2D eigenvalue weighted by molar-refractivity contribution is -0.127. The van der Waals surface area contributed by atoms with Gasteiger partial charge in [0.2, 0.25) is 11.8 Å². The summed E-state index contributed by atoms with van der Waals surface area (Å²) in [6.45, 7) is 1.49. The average Bonchev–Trinajstić information content (AvgIpc) is 2.09. The molecule has 0 fully saturated rings. The van der Waals surface area contributed by atoms with E-state index in [0.29, 0.717) is 0 Å². The minimum atomic E-state index is -0.616. The van der Waals surface area contributed by atoms with Crippen molar-refractivity contribution in [3.63, 3.8) is 0 Å². The third kappa shape index (κ3) is 5.15. The van der Waals surface area contributed by atoms with Gasteiger partial charge >= 0.3 is 0 Å². The molecule has 0 heterocycles. The van der Waals surface area contributed by atoms with Crippen molar-refractivity contribution >= 4 is 24.4 Å². The number of amides is 2. The van der Waals surface area contributed by atoms with E-state index in [-0.39, 0.29) is 24.1 Å². The van der Waals surface area contributed by atoms with E-state index >= 15 is 0 Å². The lowest BCUT2D eigenvalue weighted by Gasteiger charge is -2.13. The molecule has 5 heteroatoms. The van der Waals surface area contributed by atoms with Crippen LogP contribution in [-0.4, -0.2) is 30.2 Å². The van der Waals surface area contributed by atoms with Gasteiger partial charge in [0, 0.05) is 12.7 Å². The third-order valence-corrected chi connectivity index (χ3v) is 1.61. The SMILES string of the molecule is C#CCNC(=O)C(CS)NC(C)=O. The van der Waals surface area contributed by atoms with E-state index in [0.717, 1.165) is 0 Å². The lowest BCUT2D eigenvalue weighted by atomic mass is 10.3. The van der Waals surface area contributed by atoms with Crippen molar-refractivity contribution in [2.45, 2.75) is 13.0 Å². The van der Waals surface area contributed by atoms with Gasteiger partial charge in [-0.15, -0.1) is 6.42 Å². The maximum Gasteiger partial charge on any atom is 0.244 e. The van der Waals surface area contributed by atoms with E-state index in [9.17, 15) is 9.59 Å². The average molecular weight is 200 g/mol. The van der Waals surface area contributed by atoms with E-state index in [4.69, 9.17) is 6.42 Å². The molecule has 0 aromatic rings. The smallest absolute Gasteiger partial charge is 0.244 e. The summed E-state index contributed by atoms with van der Waals surface area (Å²) in [5, 5.41) is 4.89. The summed E-state index contributed by atoms with van der Waals surface area (Å²) in [7, 11) is 0. The van der Waals surface area contributed by atoms with E-state index in [2.05, 4.69) is 29.2 Å². The standard InChI is InChI=1S/C8H12N2O2S/c1-3-4-9-8(12)7(5-13)10-6(2)11/h1,7,13H,4-5H2,2H3,(H,9,12)(H,10,11). The van der Waals surface area contributed by atoms with Crippen LogP contribution in [0.2, 0.25) is 0 Å². The minimum Gasteiger partial charge on any atom is -0.344 e. The van der Waals surface area contributed by atoms with Crippen molar-refractivity contribution < 1.29 is 9.59 Å². The molecule has 13 heavy (non-hydrogen) atoms. The van der Waals surface area contributed by atoms with Crippen molar-refractivity contribution in [3.05, 3.63) is 0 Å². The van der Waals surface area contributed by atoms with Crippen LogP contribution in [0.25, 0.3) is 0 Å². The number of hydrogen-bond donors (Lipinski definition) is 3. The summed E-state index contributed by atoms with van der Waals surface area (Å²) in [6, 6.07) is -0.616. The van der Waals surface area contributed by atoms with Crippen LogP contribution in [0, 0.1) is 12.3 Å². The fraction of sp³-hybridized carbons (Fsp3) is 0.500. The highest BCUT2D eigenvalue weighted by molar-refractivity contribution is 7.80. The molecular formula is C8H12N2O2S. The number of rotatable bonds is 4.